The summed E-state index contributed by atoms with van der Waals surface area (Å²) in [6.45, 7) is 4.87. The van der Waals surface area contributed by atoms with E-state index in [1.54, 1.807) is 11.3 Å². The highest BCUT2D eigenvalue weighted by atomic mass is 32.1. The summed E-state index contributed by atoms with van der Waals surface area (Å²) in [5, 5.41) is 6.63. The standard InChI is InChI=1S/C13H17N5S/c1-3-10-12(14)11(4-2)18(16-10)8-9-7-17-5-6-19-13(17)15-9/h5-7H,3-4,8,14H2,1-2H3. The maximum Gasteiger partial charge on any atom is 0.193 e. The Labute approximate surface area is 115 Å². The molecule has 19 heavy (non-hydrogen) atoms. The van der Waals surface area contributed by atoms with E-state index >= 15 is 0 Å². The Kier molecular flexibility index (Phi) is 3.02. The molecule has 3 aromatic rings. The highest BCUT2D eigenvalue weighted by Gasteiger charge is 2.14. The van der Waals surface area contributed by atoms with Crippen LogP contribution in [0.4, 0.5) is 5.69 Å². The molecule has 0 saturated heterocycles. The number of aromatic nitrogens is 4. The predicted molar refractivity (Wildman–Crippen MR) is 77.6 cm³/mol. The van der Waals surface area contributed by atoms with E-state index in [-0.39, 0.29) is 0 Å². The van der Waals surface area contributed by atoms with Crippen LogP contribution in [0.5, 0.6) is 0 Å². The molecule has 6 heteroatoms. The minimum absolute atomic E-state index is 0.682. The molecule has 3 heterocycles. The summed E-state index contributed by atoms with van der Waals surface area (Å²) in [7, 11) is 0. The van der Waals surface area contributed by atoms with E-state index in [1.807, 2.05) is 20.7 Å². The van der Waals surface area contributed by atoms with Gasteiger partial charge in [-0.2, -0.15) is 5.10 Å². The lowest BCUT2D eigenvalue weighted by atomic mass is 10.2. The van der Waals surface area contributed by atoms with E-state index in [2.05, 4.69) is 30.1 Å². The Hall–Kier alpha value is -1.82. The third kappa shape index (κ3) is 2.02. The van der Waals surface area contributed by atoms with Crippen molar-refractivity contribution in [2.45, 2.75) is 33.2 Å². The molecule has 0 aliphatic heterocycles. The van der Waals surface area contributed by atoms with Gasteiger partial charge in [-0.05, 0) is 12.8 Å². The van der Waals surface area contributed by atoms with E-state index in [4.69, 9.17) is 5.73 Å². The van der Waals surface area contributed by atoms with Crippen molar-refractivity contribution in [3.63, 3.8) is 0 Å². The number of anilines is 1. The number of fused-ring (bicyclic) bond motifs is 1. The summed E-state index contributed by atoms with van der Waals surface area (Å²) in [4.78, 5) is 5.61. The van der Waals surface area contributed by atoms with Crippen LogP contribution in [0.25, 0.3) is 4.96 Å². The van der Waals surface area contributed by atoms with E-state index in [1.165, 1.54) is 0 Å². The molecule has 100 valence electrons. The summed E-state index contributed by atoms with van der Waals surface area (Å²) in [5.74, 6) is 0. The summed E-state index contributed by atoms with van der Waals surface area (Å²) in [5.41, 5.74) is 10.1. The van der Waals surface area contributed by atoms with Crippen molar-refractivity contribution in [3.05, 3.63) is 34.9 Å². The number of nitrogen functional groups attached to an aromatic ring is 1. The van der Waals surface area contributed by atoms with Gasteiger partial charge in [0, 0.05) is 17.8 Å². The largest absolute Gasteiger partial charge is 0.396 e. The van der Waals surface area contributed by atoms with Gasteiger partial charge in [0.05, 0.1) is 29.3 Å². The number of hydrogen-bond donors (Lipinski definition) is 1. The molecule has 0 amide bonds. The van der Waals surface area contributed by atoms with Gasteiger partial charge in [0.1, 0.15) is 0 Å². The van der Waals surface area contributed by atoms with Gasteiger partial charge in [0.25, 0.3) is 0 Å². The van der Waals surface area contributed by atoms with Crippen LogP contribution in [0.1, 0.15) is 30.9 Å². The normalized spacial score (nSPS) is 11.5. The van der Waals surface area contributed by atoms with Gasteiger partial charge in [-0.3, -0.25) is 9.08 Å². The maximum absolute atomic E-state index is 6.13. The molecule has 0 unspecified atom stereocenters. The number of nitrogens with zero attached hydrogens (tertiary/aromatic N) is 4. The first kappa shape index (κ1) is 12.2. The molecular weight excluding hydrogens is 258 g/mol. The number of aryl methyl sites for hydroxylation is 1. The van der Waals surface area contributed by atoms with Gasteiger partial charge in [-0.1, -0.05) is 13.8 Å². The van der Waals surface area contributed by atoms with E-state index in [0.717, 1.165) is 40.6 Å². The molecule has 0 aliphatic carbocycles. The van der Waals surface area contributed by atoms with Crippen molar-refractivity contribution in [2.24, 2.45) is 0 Å². The molecule has 3 rings (SSSR count). The quantitative estimate of drug-likeness (QED) is 0.795. The van der Waals surface area contributed by atoms with Gasteiger partial charge in [-0.25, -0.2) is 4.98 Å². The van der Waals surface area contributed by atoms with Crippen LogP contribution in [0.15, 0.2) is 17.8 Å². The van der Waals surface area contributed by atoms with E-state index in [0.29, 0.717) is 6.54 Å². The fourth-order valence-electron chi connectivity index (χ4n) is 2.34. The van der Waals surface area contributed by atoms with Crippen molar-refractivity contribution in [1.82, 2.24) is 19.2 Å². The zero-order chi connectivity index (χ0) is 13.4. The Morgan fingerprint density at radius 1 is 1.32 bits per heavy atom. The van der Waals surface area contributed by atoms with Crippen molar-refractivity contribution < 1.29 is 0 Å². The molecule has 5 nitrogen and oxygen atoms in total. The summed E-state index contributed by atoms with van der Waals surface area (Å²) in [6, 6.07) is 0. The van der Waals surface area contributed by atoms with Crippen LogP contribution in [0, 0.1) is 0 Å². The Morgan fingerprint density at radius 3 is 2.84 bits per heavy atom. The minimum Gasteiger partial charge on any atom is -0.396 e. The van der Waals surface area contributed by atoms with E-state index in [9.17, 15) is 0 Å². The Morgan fingerprint density at radius 2 is 2.16 bits per heavy atom. The molecule has 0 spiro atoms. The lowest BCUT2D eigenvalue weighted by Crippen LogP contribution is -2.07. The lowest BCUT2D eigenvalue weighted by Gasteiger charge is -2.03. The Balaban J connectivity index is 1.96. The van der Waals surface area contributed by atoms with Crippen LogP contribution in [0.2, 0.25) is 0 Å². The van der Waals surface area contributed by atoms with Gasteiger partial charge in [0.15, 0.2) is 4.96 Å². The fourth-order valence-corrected chi connectivity index (χ4v) is 3.06. The maximum atomic E-state index is 6.13. The predicted octanol–water partition coefficient (Wildman–Crippen LogP) is 2.35. The molecule has 3 aromatic heterocycles. The van der Waals surface area contributed by atoms with Crippen molar-refractivity contribution in [2.75, 3.05) is 5.73 Å². The molecule has 0 aromatic carbocycles. The Bertz CT molecular complexity index is 677. The first-order valence-corrected chi connectivity index (χ1v) is 7.36. The molecule has 0 aliphatic rings. The van der Waals surface area contributed by atoms with Crippen LogP contribution in [-0.4, -0.2) is 19.2 Å². The SMILES string of the molecule is CCc1nn(Cc2cn3ccsc3n2)c(CC)c1N. The first-order chi connectivity index (χ1) is 9.22. The highest BCUT2D eigenvalue weighted by molar-refractivity contribution is 7.15. The zero-order valence-electron chi connectivity index (χ0n) is 11.1. The molecule has 2 N–H and O–H groups in total. The fraction of sp³-hybridized carbons (Fsp3) is 0.385. The second-order valence-electron chi connectivity index (χ2n) is 4.50. The summed E-state index contributed by atoms with van der Waals surface area (Å²) in [6.07, 6.45) is 5.83. The highest BCUT2D eigenvalue weighted by Crippen LogP contribution is 2.20. The van der Waals surface area contributed by atoms with Crippen molar-refractivity contribution in [3.8, 4) is 0 Å². The second kappa shape index (κ2) is 4.70. The second-order valence-corrected chi connectivity index (χ2v) is 5.37. The third-order valence-corrected chi connectivity index (χ3v) is 4.07. The number of rotatable bonds is 4. The van der Waals surface area contributed by atoms with Crippen LogP contribution in [-0.2, 0) is 19.4 Å². The third-order valence-electron chi connectivity index (χ3n) is 3.30. The number of imidazole rings is 1. The summed E-state index contributed by atoms with van der Waals surface area (Å²) < 4.78 is 4.03. The zero-order valence-corrected chi connectivity index (χ0v) is 11.9. The molecular formula is C13H17N5S. The number of nitrogens with two attached hydrogens (primary N) is 1. The first-order valence-electron chi connectivity index (χ1n) is 6.48. The van der Waals surface area contributed by atoms with Crippen LogP contribution >= 0.6 is 11.3 Å². The van der Waals surface area contributed by atoms with Crippen molar-refractivity contribution >= 4 is 22.0 Å². The average Bonchev–Trinajstić information content (AvgIpc) is 3.03. The van der Waals surface area contributed by atoms with Gasteiger partial charge in [-0.15, -0.1) is 11.3 Å². The van der Waals surface area contributed by atoms with Crippen LogP contribution in [0.3, 0.4) is 0 Å². The molecule has 0 atom stereocenters. The van der Waals surface area contributed by atoms with Gasteiger partial charge >= 0.3 is 0 Å². The average molecular weight is 275 g/mol. The van der Waals surface area contributed by atoms with E-state index < -0.39 is 0 Å². The molecule has 0 radical (unpaired) electrons. The molecule has 0 bridgehead atoms. The monoisotopic (exact) mass is 275 g/mol. The minimum atomic E-state index is 0.682. The van der Waals surface area contributed by atoms with Crippen molar-refractivity contribution in [1.29, 1.82) is 0 Å². The number of thiazole rings is 1. The topological polar surface area (TPSA) is 61.1 Å². The summed E-state index contributed by atoms with van der Waals surface area (Å²) >= 11 is 1.64. The molecule has 0 saturated carbocycles. The van der Waals surface area contributed by atoms with Gasteiger partial charge < -0.3 is 5.73 Å². The lowest BCUT2D eigenvalue weighted by molar-refractivity contribution is 0.632. The molecule has 0 fully saturated rings. The van der Waals surface area contributed by atoms with Gasteiger partial charge in [0.2, 0.25) is 0 Å². The number of hydrogen-bond acceptors (Lipinski definition) is 4. The van der Waals surface area contributed by atoms with Crippen LogP contribution < -0.4 is 5.73 Å². The smallest absolute Gasteiger partial charge is 0.193 e.